The average Bonchev–Trinajstić information content (AvgIpc) is 2.98. The van der Waals surface area contributed by atoms with Crippen LogP contribution in [0.25, 0.3) is 10.9 Å². The van der Waals surface area contributed by atoms with Gasteiger partial charge in [-0.25, -0.2) is 0 Å². The molecule has 3 rings (SSSR count). The molecule has 0 bridgehead atoms. The van der Waals surface area contributed by atoms with Crippen LogP contribution in [0.2, 0.25) is 0 Å². The molecule has 0 radical (unpaired) electrons. The number of piperazine rings is 1. The van der Waals surface area contributed by atoms with Crippen molar-refractivity contribution >= 4 is 16.8 Å². The highest BCUT2D eigenvalue weighted by Crippen LogP contribution is 2.17. The van der Waals surface area contributed by atoms with E-state index >= 15 is 0 Å². The molecule has 4 heteroatoms. The quantitative estimate of drug-likeness (QED) is 0.919. The lowest BCUT2D eigenvalue weighted by Gasteiger charge is -2.34. The molecule has 0 spiro atoms. The number of carbonyl (C=O) groups excluding carboxylic acids is 1. The Labute approximate surface area is 138 Å². The van der Waals surface area contributed by atoms with E-state index < -0.39 is 0 Å². The van der Waals surface area contributed by atoms with E-state index in [1.807, 2.05) is 35.2 Å². The minimum Gasteiger partial charge on any atom is -0.351 e. The number of carbonyl (C=O) groups is 1. The Morgan fingerprint density at radius 3 is 2.61 bits per heavy atom. The van der Waals surface area contributed by atoms with Crippen LogP contribution >= 0.6 is 0 Å². The summed E-state index contributed by atoms with van der Waals surface area (Å²) in [5, 5.41) is 1.10. The van der Waals surface area contributed by atoms with Gasteiger partial charge in [0.1, 0.15) is 5.69 Å². The van der Waals surface area contributed by atoms with Crippen molar-refractivity contribution in [3.05, 3.63) is 36.0 Å². The minimum absolute atomic E-state index is 0.128. The smallest absolute Gasteiger partial charge is 0.270 e. The Balaban J connectivity index is 1.53. The molecule has 23 heavy (non-hydrogen) atoms. The first kappa shape index (κ1) is 16.1. The number of hydrogen-bond donors (Lipinski definition) is 1. The highest BCUT2D eigenvalue weighted by atomic mass is 16.2. The summed E-state index contributed by atoms with van der Waals surface area (Å²) in [6.07, 6.45) is 2.54. The van der Waals surface area contributed by atoms with Crippen molar-refractivity contribution in [3.63, 3.8) is 0 Å². The van der Waals surface area contributed by atoms with Crippen LogP contribution in [0, 0.1) is 5.92 Å². The van der Waals surface area contributed by atoms with Gasteiger partial charge in [0.2, 0.25) is 0 Å². The predicted molar refractivity (Wildman–Crippen MR) is 94.7 cm³/mol. The average molecular weight is 313 g/mol. The van der Waals surface area contributed by atoms with Crippen LogP contribution in [-0.2, 0) is 0 Å². The summed E-state index contributed by atoms with van der Waals surface area (Å²) in [6, 6.07) is 10.0. The third-order valence-electron chi connectivity index (χ3n) is 4.68. The molecule has 0 saturated carbocycles. The first-order valence-corrected chi connectivity index (χ1v) is 8.73. The van der Waals surface area contributed by atoms with Gasteiger partial charge >= 0.3 is 0 Å². The van der Waals surface area contributed by atoms with Crippen molar-refractivity contribution in [1.29, 1.82) is 0 Å². The molecular formula is C19H27N3O. The van der Waals surface area contributed by atoms with E-state index in [0.29, 0.717) is 5.69 Å². The number of amides is 1. The predicted octanol–water partition coefficient (Wildman–Crippen LogP) is 3.36. The van der Waals surface area contributed by atoms with E-state index in [4.69, 9.17) is 0 Å². The molecule has 2 heterocycles. The van der Waals surface area contributed by atoms with Gasteiger partial charge < -0.3 is 9.88 Å². The normalized spacial score (nSPS) is 16.4. The Morgan fingerprint density at radius 2 is 1.91 bits per heavy atom. The van der Waals surface area contributed by atoms with Gasteiger partial charge in [-0.15, -0.1) is 0 Å². The maximum atomic E-state index is 12.7. The van der Waals surface area contributed by atoms with Gasteiger partial charge in [-0.1, -0.05) is 32.0 Å². The topological polar surface area (TPSA) is 39.3 Å². The number of H-pyrrole nitrogens is 1. The summed E-state index contributed by atoms with van der Waals surface area (Å²) >= 11 is 0. The van der Waals surface area contributed by atoms with Crippen molar-refractivity contribution < 1.29 is 4.79 Å². The summed E-state index contributed by atoms with van der Waals surface area (Å²) < 4.78 is 0. The number of nitrogens with zero attached hydrogens (tertiary/aromatic N) is 2. The van der Waals surface area contributed by atoms with Crippen molar-refractivity contribution in [3.8, 4) is 0 Å². The van der Waals surface area contributed by atoms with Crippen LogP contribution < -0.4 is 0 Å². The lowest BCUT2D eigenvalue weighted by Crippen LogP contribution is -2.48. The fourth-order valence-corrected chi connectivity index (χ4v) is 3.26. The fraction of sp³-hybridized carbons (Fsp3) is 0.526. The zero-order chi connectivity index (χ0) is 16.2. The minimum atomic E-state index is 0.128. The number of benzene rings is 1. The molecular weight excluding hydrogens is 286 g/mol. The standard InChI is InChI=1S/C19H27N3O/c1-15(2)6-5-9-21-10-12-22(13-11-21)19(23)18-14-16-7-3-4-8-17(16)20-18/h3-4,7-8,14-15,20H,5-6,9-13H2,1-2H3. The van der Waals surface area contributed by atoms with Crippen molar-refractivity contribution in [2.75, 3.05) is 32.7 Å². The molecule has 0 atom stereocenters. The van der Waals surface area contributed by atoms with Crippen LogP contribution in [0.4, 0.5) is 0 Å². The molecule has 1 aromatic heterocycles. The van der Waals surface area contributed by atoms with E-state index in [9.17, 15) is 4.79 Å². The van der Waals surface area contributed by atoms with Crippen molar-refractivity contribution in [2.45, 2.75) is 26.7 Å². The summed E-state index contributed by atoms with van der Waals surface area (Å²) in [5.41, 5.74) is 1.74. The Hall–Kier alpha value is -1.81. The summed E-state index contributed by atoms with van der Waals surface area (Å²) in [4.78, 5) is 20.4. The third-order valence-corrected chi connectivity index (χ3v) is 4.68. The van der Waals surface area contributed by atoms with Gasteiger partial charge in [-0.3, -0.25) is 9.69 Å². The van der Waals surface area contributed by atoms with Gasteiger partial charge in [-0.2, -0.15) is 0 Å². The zero-order valence-electron chi connectivity index (χ0n) is 14.2. The molecule has 0 unspecified atom stereocenters. The third kappa shape index (κ3) is 3.94. The van der Waals surface area contributed by atoms with Gasteiger partial charge in [0.25, 0.3) is 5.91 Å². The van der Waals surface area contributed by atoms with Crippen LogP contribution in [-0.4, -0.2) is 53.4 Å². The van der Waals surface area contributed by atoms with Crippen molar-refractivity contribution in [2.24, 2.45) is 5.92 Å². The first-order chi connectivity index (χ1) is 11.1. The van der Waals surface area contributed by atoms with Gasteiger partial charge in [0, 0.05) is 37.1 Å². The lowest BCUT2D eigenvalue weighted by molar-refractivity contribution is 0.0629. The molecule has 1 aliphatic heterocycles. The number of hydrogen-bond acceptors (Lipinski definition) is 2. The van der Waals surface area contributed by atoms with E-state index in [1.165, 1.54) is 12.8 Å². The first-order valence-electron chi connectivity index (χ1n) is 8.73. The molecule has 1 fully saturated rings. The van der Waals surface area contributed by atoms with Gasteiger partial charge in [-0.05, 0) is 37.4 Å². The van der Waals surface area contributed by atoms with Crippen LogP contribution in [0.15, 0.2) is 30.3 Å². The second-order valence-electron chi connectivity index (χ2n) is 6.94. The highest BCUT2D eigenvalue weighted by Gasteiger charge is 2.22. The summed E-state index contributed by atoms with van der Waals surface area (Å²) in [6.45, 7) is 9.35. The summed E-state index contributed by atoms with van der Waals surface area (Å²) in [5.74, 6) is 0.905. The zero-order valence-corrected chi connectivity index (χ0v) is 14.2. The Bertz CT molecular complexity index is 620. The highest BCUT2D eigenvalue weighted by molar-refractivity contribution is 5.98. The maximum Gasteiger partial charge on any atom is 0.270 e. The Kier molecular flexibility index (Phi) is 5.01. The second kappa shape index (κ2) is 7.18. The van der Waals surface area contributed by atoms with Crippen LogP contribution in [0.3, 0.4) is 0 Å². The van der Waals surface area contributed by atoms with E-state index in [0.717, 1.165) is 49.5 Å². The number of nitrogens with one attached hydrogen (secondary N) is 1. The van der Waals surface area contributed by atoms with Gasteiger partial charge in [0.15, 0.2) is 0 Å². The van der Waals surface area contributed by atoms with E-state index in [-0.39, 0.29) is 5.91 Å². The number of para-hydroxylation sites is 1. The monoisotopic (exact) mass is 313 g/mol. The lowest BCUT2D eigenvalue weighted by atomic mass is 10.1. The number of aromatic amines is 1. The van der Waals surface area contributed by atoms with Crippen molar-refractivity contribution in [1.82, 2.24) is 14.8 Å². The number of rotatable bonds is 5. The molecule has 1 amide bonds. The molecule has 124 valence electrons. The Morgan fingerprint density at radius 1 is 1.17 bits per heavy atom. The number of aromatic nitrogens is 1. The molecule has 2 aromatic rings. The second-order valence-corrected chi connectivity index (χ2v) is 6.94. The molecule has 1 N–H and O–H groups in total. The SMILES string of the molecule is CC(C)CCCN1CCN(C(=O)c2cc3ccccc3[nH]2)CC1. The molecule has 1 aliphatic rings. The molecule has 4 nitrogen and oxygen atoms in total. The molecule has 1 saturated heterocycles. The fourth-order valence-electron chi connectivity index (χ4n) is 3.26. The largest absolute Gasteiger partial charge is 0.351 e. The van der Waals surface area contributed by atoms with Gasteiger partial charge in [0.05, 0.1) is 0 Å². The van der Waals surface area contributed by atoms with E-state index in [2.05, 4.69) is 23.7 Å². The van der Waals surface area contributed by atoms with E-state index in [1.54, 1.807) is 0 Å². The summed E-state index contributed by atoms with van der Waals surface area (Å²) in [7, 11) is 0. The van der Waals surface area contributed by atoms with Crippen LogP contribution in [0.5, 0.6) is 0 Å². The molecule has 1 aromatic carbocycles. The molecule has 0 aliphatic carbocycles. The van der Waals surface area contributed by atoms with Crippen LogP contribution in [0.1, 0.15) is 37.2 Å². The number of fused-ring (bicyclic) bond motifs is 1. The maximum absolute atomic E-state index is 12.7.